The van der Waals surface area contributed by atoms with Gasteiger partial charge >= 0.3 is 0 Å². The monoisotopic (exact) mass is 288 g/mol. The highest BCUT2D eigenvalue weighted by atomic mass is 32.2. The molecule has 1 aliphatic rings. The number of nitrogens with zero attached hydrogens (tertiary/aromatic N) is 1. The summed E-state index contributed by atoms with van der Waals surface area (Å²) >= 11 is 1.55. The van der Waals surface area contributed by atoms with Gasteiger partial charge in [0, 0.05) is 17.3 Å². The Morgan fingerprint density at radius 3 is 2.72 bits per heavy atom. The summed E-state index contributed by atoms with van der Waals surface area (Å²) in [5.74, 6) is 0.939. The van der Waals surface area contributed by atoms with Crippen molar-refractivity contribution in [2.75, 3.05) is 12.8 Å². The first-order chi connectivity index (χ1) is 8.55. The van der Waals surface area contributed by atoms with E-state index in [0.717, 1.165) is 17.2 Å². The average Bonchev–Trinajstić information content (AvgIpc) is 3.03. The zero-order valence-electron chi connectivity index (χ0n) is 10.9. The molecule has 0 bridgehead atoms. The molecule has 0 atom stereocenters. The van der Waals surface area contributed by atoms with E-state index in [0.29, 0.717) is 12.3 Å². The largest absolute Gasteiger partial charge is 0.315 e. The van der Waals surface area contributed by atoms with Crippen LogP contribution in [0.25, 0.3) is 0 Å². The molecule has 1 N–H and O–H groups in total. The molecule has 0 amide bonds. The quantitative estimate of drug-likeness (QED) is 0.834. The molecule has 102 valence electrons. The second-order valence-electron chi connectivity index (χ2n) is 4.81. The van der Waals surface area contributed by atoms with Gasteiger partial charge in [-0.1, -0.05) is 6.92 Å². The van der Waals surface area contributed by atoms with Crippen molar-refractivity contribution in [1.82, 2.24) is 10.3 Å². The number of sulfone groups is 1. The van der Waals surface area contributed by atoms with E-state index in [4.69, 9.17) is 0 Å². The van der Waals surface area contributed by atoms with Crippen LogP contribution < -0.4 is 5.32 Å². The van der Waals surface area contributed by atoms with Crippen LogP contribution in [0.2, 0.25) is 0 Å². The van der Waals surface area contributed by atoms with Crippen molar-refractivity contribution in [2.45, 2.75) is 44.4 Å². The van der Waals surface area contributed by atoms with Gasteiger partial charge in [0.2, 0.25) is 0 Å². The van der Waals surface area contributed by atoms with Crippen molar-refractivity contribution in [2.24, 2.45) is 0 Å². The maximum atomic E-state index is 11.8. The Labute approximate surface area is 113 Å². The summed E-state index contributed by atoms with van der Waals surface area (Å²) in [6.45, 7) is 2.68. The number of aromatic nitrogens is 1. The van der Waals surface area contributed by atoms with E-state index < -0.39 is 9.84 Å². The second-order valence-corrected chi connectivity index (χ2v) is 8.16. The highest BCUT2D eigenvalue weighted by molar-refractivity contribution is 7.90. The normalized spacial score (nSPS) is 16.1. The number of nitrogens with one attached hydrogen (secondary N) is 1. The van der Waals surface area contributed by atoms with Gasteiger partial charge in [0.05, 0.1) is 11.4 Å². The Kier molecular flexibility index (Phi) is 4.40. The van der Waals surface area contributed by atoms with Crippen LogP contribution in [0.4, 0.5) is 0 Å². The van der Waals surface area contributed by atoms with Crippen molar-refractivity contribution in [1.29, 1.82) is 0 Å². The third-order valence-corrected chi connectivity index (χ3v) is 5.93. The first-order valence-corrected chi connectivity index (χ1v) is 9.03. The molecule has 1 aliphatic carbocycles. The summed E-state index contributed by atoms with van der Waals surface area (Å²) in [6, 6.07) is 0. The van der Waals surface area contributed by atoms with Crippen molar-refractivity contribution < 1.29 is 8.42 Å². The van der Waals surface area contributed by atoms with Crippen LogP contribution in [0.1, 0.15) is 47.7 Å². The minimum Gasteiger partial charge on any atom is -0.315 e. The molecule has 0 unspecified atom stereocenters. The van der Waals surface area contributed by atoms with Crippen LogP contribution in [-0.4, -0.2) is 26.2 Å². The van der Waals surface area contributed by atoms with Gasteiger partial charge in [-0.2, -0.15) is 0 Å². The first-order valence-electron chi connectivity index (χ1n) is 6.39. The maximum absolute atomic E-state index is 11.8. The van der Waals surface area contributed by atoms with Crippen LogP contribution in [0.5, 0.6) is 0 Å². The maximum Gasteiger partial charge on any atom is 0.156 e. The van der Waals surface area contributed by atoms with Crippen molar-refractivity contribution in [3.63, 3.8) is 0 Å². The Bertz CT molecular complexity index is 504. The van der Waals surface area contributed by atoms with E-state index >= 15 is 0 Å². The van der Waals surface area contributed by atoms with Gasteiger partial charge in [0.1, 0.15) is 10.8 Å². The Balaban J connectivity index is 2.16. The fourth-order valence-corrected chi connectivity index (χ4v) is 4.95. The van der Waals surface area contributed by atoms with Gasteiger partial charge in [-0.25, -0.2) is 13.4 Å². The molecule has 1 aromatic heterocycles. The molecule has 1 fully saturated rings. The predicted octanol–water partition coefficient (Wildman–Crippen LogP) is 2.06. The van der Waals surface area contributed by atoms with Crippen LogP contribution >= 0.6 is 11.3 Å². The summed E-state index contributed by atoms with van der Waals surface area (Å²) in [5.41, 5.74) is 1.14. The van der Waals surface area contributed by atoms with Gasteiger partial charge in [0.25, 0.3) is 0 Å². The van der Waals surface area contributed by atoms with Gasteiger partial charge < -0.3 is 5.32 Å². The third kappa shape index (κ3) is 3.52. The van der Waals surface area contributed by atoms with E-state index in [1.807, 2.05) is 14.0 Å². The molecular formula is C12H20N2O2S2. The number of hydrogen-bond acceptors (Lipinski definition) is 5. The fourth-order valence-electron chi connectivity index (χ4n) is 2.01. The third-order valence-electron chi connectivity index (χ3n) is 2.93. The molecule has 18 heavy (non-hydrogen) atoms. The van der Waals surface area contributed by atoms with Crippen molar-refractivity contribution in [3.05, 3.63) is 15.6 Å². The molecule has 1 saturated carbocycles. The van der Waals surface area contributed by atoms with E-state index in [9.17, 15) is 8.42 Å². The van der Waals surface area contributed by atoms with Crippen molar-refractivity contribution >= 4 is 21.2 Å². The molecule has 1 heterocycles. The van der Waals surface area contributed by atoms with Crippen LogP contribution in [0, 0.1) is 0 Å². The molecule has 0 radical (unpaired) electrons. The van der Waals surface area contributed by atoms with Gasteiger partial charge in [-0.3, -0.25) is 0 Å². The Hall–Kier alpha value is -0.460. The lowest BCUT2D eigenvalue weighted by molar-refractivity contribution is 0.593. The Morgan fingerprint density at radius 2 is 2.17 bits per heavy atom. The highest BCUT2D eigenvalue weighted by Gasteiger charge is 2.30. The molecule has 0 saturated heterocycles. The lowest BCUT2D eigenvalue weighted by Gasteiger charge is -1.98. The van der Waals surface area contributed by atoms with Gasteiger partial charge in [0.15, 0.2) is 9.84 Å². The summed E-state index contributed by atoms with van der Waals surface area (Å²) in [5, 5.41) is 3.89. The van der Waals surface area contributed by atoms with Gasteiger partial charge in [-0.05, 0) is 26.3 Å². The number of rotatable bonds is 7. The first kappa shape index (κ1) is 14.0. The van der Waals surface area contributed by atoms with Crippen molar-refractivity contribution in [3.8, 4) is 0 Å². The topological polar surface area (TPSA) is 59.1 Å². The zero-order chi connectivity index (χ0) is 13.2. The minimum absolute atomic E-state index is 0.106. The standard InChI is InChI=1S/C12H20N2O2S2/c1-3-6-18(15,16)8-11-14-12(9-4-5-9)10(17-11)7-13-2/h9,13H,3-8H2,1-2H3. The highest BCUT2D eigenvalue weighted by Crippen LogP contribution is 2.42. The lowest BCUT2D eigenvalue weighted by Crippen LogP contribution is -2.08. The summed E-state index contributed by atoms with van der Waals surface area (Å²) in [6.07, 6.45) is 3.07. The second kappa shape index (κ2) is 5.67. The molecule has 4 nitrogen and oxygen atoms in total. The molecule has 1 aromatic rings. The van der Waals surface area contributed by atoms with Crippen LogP contribution in [0.3, 0.4) is 0 Å². The SMILES string of the molecule is CCCS(=O)(=O)Cc1nc(C2CC2)c(CNC)s1. The summed E-state index contributed by atoms with van der Waals surface area (Å²) in [4.78, 5) is 5.77. The smallest absolute Gasteiger partial charge is 0.156 e. The number of hydrogen-bond donors (Lipinski definition) is 1. The fraction of sp³-hybridized carbons (Fsp3) is 0.750. The summed E-state index contributed by atoms with van der Waals surface area (Å²) < 4.78 is 23.6. The minimum atomic E-state index is -2.98. The summed E-state index contributed by atoms with van der Waals surface area (Å²) in [7, 11) is -1.07. The van der Waals surface area contributed by atoms with E-state index in [1.165, 1.54) is 17.7 Å². The number of thiazole rings is 1. The molecule has 0 spiro atoms. The lowest BCUT2D eigenvalue weighted by atomic mass is 10.2. The van der Waals surface area contributed by atoms with E-state index in [2.05, 4.69) is 10.3 Å². The van der Waals surface area contributed by atoms with Crippen LogP contribution in [-0.2, 0) is 22.1 Å². The molecule has 0 aromatic carbocycles. The molecular weight excluding hydrogens is 268 g/mol. The van der Waals surface area contributed by atoms with Gasteiger partial charge in [-0.15, -0.1) is 11.3 Å². The predicted molar refractivity (Wildman–Crippen MR) is 74.6 cm³/mol. The molecule has 6 heteroatoms. The van der Waals surface area contributed by atoms with E-state index in [1.54, 1.807) is 11.3 Å². The van der Waals surface area contributed by atoms with E-state index in [-0.39, 0.29) is 11.5 Å². The zero-order valence-corrected chi connectivity index (χ0v) is 12.5. The molecule has 2 rings (SSSR count). The Morgan fingerprint density at radius 1 is 1.44 bits per heavy atom. The average molecular weight is 288 g/mol. The molecule has 0 aliphatic heterocycles. The van der Waals surface area contributed by atoms with Crippen LogP contribution in [0.15, 0.2) is 0 Å².